The molecular weight excluding hydrogens is 234 g/mol. The highest BCUT2D eigenvalue weighted by Crippen LogP contribution is 2.22. The van der Waals surface area contributed by atoms with Crippen LogP contribution in [0.15, 0.2) is 0 Å². The molecule has 0 saturated carbocycles. The average molecular weight is 257 g/mol. The molecule has 5 nitrogen and oxygen atoms in total. The second-order valence-corrected chi connectivity index (χ2v) is 4.97. The molecule has 0 unspecified atom stereocenters. The number of ether oxygens (including phenoxy) is 1. The van der Waals surface area contributed by atoms with Gasteiger partial charge in [0.2, 0.25) is 5.91 Å². The molecule has 1 saturated heterocycles. The largest absolute Gasteiger partial charge is 0.481 e. The zero-order valence-corrected chi connectivity index (χ0v) is 11.2. The Morgan fingerprint density at radius 2 is 2.17 bits per heavy atom. The molecule has 2 atom stereocenters. The van der Waals surface area contributed by atoms with E-state index in [0.717, 1.165) is 25.8 Å². The minimum absolute atomic E-state index is 0.0849. The molecule has 5 heteroatoms. The van der Waals surface area contributed by atoms with Crippen LogP contribution in [0, 0.1) is 5.92 Å². The van der Waals surface area contributed by atoms with Crippen molar-refractivity contribution >= 4 is 11.9 Å². The molecule has 0 spiro atoms. The van der Waals surface area contributed by atoms with E-state index in [4.69, 9.17) is 9.84 Å². The van der Waals surface area contributed by atoms with Crippen molar-refractivity contribution in [3.05, 3.63) is 0 Å². The molecule has 0 bridgehead atoms. The highest BCUT2D eigenvalue weighted by Gasteiger charge is 2.29. The van der Waals surface area contributed by atoms with Crippen molar-refractivity contribution in [2.45, 2.75) is 45.1 Å². The highest BCUT2D eigenvalue weighted by molar-refractivity contribution is 5.79. The summed E-state index contributed by atoms with van der Waals surface area (Å²) in [4.78, 5) is 24.7. The van der Waals surface area contributed by atoms with Crippen LogP contribution < -0.4 is 0 Å². The fourth-order valence-corrected chi connectivity index (χ4v) is 2.49. The first kappa shape index (κ1) is 15.0. The van der Waals surface area contributed by atoms with Crippen molar-refractivity contribution in [3.63, 3.8) is 0 Å². The van der Waals surface area contributed by atoms with E-state index in [-0.39, 0.29) is 24.3 Å². The number of carbonyl (C=O) groups excluding carboxylic acids is 1. The van der Waals surface area contributed by atoms with E-state index in [1.807, 2.05) is 11.8 Å². The first-order valence-electron chi connectivity index (χ1n) is 6.57. The van der Waals surface area contributed by atoms with E-state index in [1.165, 1.54) is 0 Å². The van der Waals surface area contributed by atoms with E-state index >= 15 is 0 Å². The van der Waals surface area contributed by atoms with Crippen molar-refractivity contribution < 1.29 is 19.4 Å². The average Bonchev–Trinajstić information content (AvgIpc) is 2.36. The van der Waals surface area contributed by atoms with Crippen LogP contribution in [-0.4, -0.2) is 48.2 Å². The number of piperidine rings is 1. The van der Waals surface area contributed by atoms with Crippen LogP contribution in [0.5, 0.6) is 0 Å². The number of carboxylic acids is 1. The normalized spacial score (nSPS) is 21.7. The first-order valence-corrected chi connectivity index (χ1v) is 6.57. The van der Waals surface area contributed by atoms with Crippen LogP contribution in [0.3, 0.4) is 0 Å². The molecule has 0 aliphatic carbocycles. The molecule has 0 aromatic rings. The van der Waals surface area contributed by atoms with Crippen LogP contribution in [0.1, 0.15) is 39.0 Å². The number of rotatable bonds is 6. The zero-order chi connectivity index (χ0) is 13.5. The topological polar surface area (TPSA) is 66.8 Å². The van der Waals surface area contributed by atoms with Crippen LogP contribution in [0.2, 0.25) is 0 Å². The van der Waals surface area contributed by atoms with Crippen molar-refractivity contribution in [2.24, 2.45) is 5.92 Å². The minimum Gasteiger partial charge on any atom is -0.481 e. The summed E-state index contributed by atoms with van der Waals surface area (Å²) < 4.78 is 5.01. The molecule has 1 amide bonds. The summed E-state index contributed by atoms with van der Waals surface area (Å²) in [6.45, 7) is 3.02. The monoisotopic (exact) mass is 257 g/mol. The van der Waals surface area contributed by atoms with Gasteiger partial charge in [0.05, 0.1) is 12.5 Å². The number of likely N-dealkylation sites (tertiary alicyclic amines) is 1. The molecular formula is C13H23NO4. The zero-order valence-electron chi connectivity index (χ0n) is 11.2. The van der Waals surface area contributed by atoms with Gasteiger partial charge in [-0.2, -0.15) is 0 Å². The maximum Gasteiger partial charge on any atom is 0.303 e. The quantitative estimate of drug-likeness (QED) is 0.783. The van der Waals surface area contributed by atoms with E-state index < -0.39 is 5.97 Å². The number of nitrogens with zero attached hydrogens (tertiary/aromatic N) is 1. The molecule has 1 aliphatic rings. The number of amides is 1. The van der Waals surface area contributed by atoms with Gasteiger partial charge in [0.25, 0.3) is 0 Å². The summed E-state index contributed by atoms with van der Waals surface area (Å²) in [6.07, 6.45) is 3.69. The van der Waals surface area contributed by atoms with Crippen molar-refractivity contribution in [1.29, 1.82) is 0 Å². The van der Waals surface area contributed by atoms with Gasteiger partial charge in [0, 0.05) is 26.1 Å². The Bertz CT molecular complexity index is 293. The van der Waals surface area contributed by atoms with Crippen LogP contribution in [-0.2, 0) is 14.3 Å². The molecule has 0 aromatic heterocycles. The number of aliphatic carboxylic acids is 1. The van der Waals surface area contributed by atoms with E-state index in [2.05, 4.69) is 0 Å². The summed E-state index contributed by atoms with van der Waals surface area (Å²) >= 11 is 0. The van der Waals surface area contributed by atoms with E-state index in [9.17, 15) is 9.59 Å². The molecule has 0 aromatic carbocycles. The minimum atomic E-state index is -0.794. The lowest BCUT2D eigenvalue weighted by atomic mass is 9.96. The molecule has 18 heavy (non-hydrogen) atoms. The van der Waals surface area contributed by atoms with Gasteiger partial charge < -0.3 is 14.7 Å². The summed E-state index contributed by atoms with van der Waals surface area (Å²) in [5.41, 5.74) is 0. The number of carboxylic acid groups (broad SMARTS) is 1. The summed E-state index contributed by atoms with van der Waals surface area (Å²) in [6, 6.07) is 0.0849. The van der Waals surface area contributed by atoms with Crippen LogP contribution >= 0.6 is 0 Å². The molecule has 104 valence electrons. The van der Waals surface area contributed by atoms with Gasteiger partial charge in [-0.15, -0.1) is 0 Å². The van der Waals surface area contributed by atoms with Crippen molar-refractivity contribution in [1.82, 2.24) is 4.90 Å². The predicted octanol–water partition coefficient (Wildman–Crippen LogP) is 1.51. The van der Waals surface area contributed by atoms with E-state index in [1.54, 1.807) is 7.11 Å². The molecule has 1 N–H and O–H groups in total. The first-order chi connectivity index (χ1) is 8.56. The van der Waals surface area contributed by atoms with E-state index in [0.29, 0.717) is 13.0 Å². The number of hydrogen-bond donors (Lipinski definition) is 1. The lowest BCUT2D eigenvalue weighted by molar-refractivity contribution is -0.143. The maximum atomic E-state index is 12.2. The molecule has 1 fully saturated rings. The maximum absolute atomic E-state index is 12.2. The Morgan fingerprint density at radius 1 is 1.44 bits per heavy atom. The highest BCUT2D eigenvalue weighted by atomic mass is 16.5. The van der Waals surface area contributed by atoms with Crippen LogP contribution in [0.4, 0.5) is 0 Å². The fourth-order valence-electron chi connectivity index (χ4n) is 2.49. The van der Waals surface area contributed by atoms with Gasteiger partial charge in [0.1, 0.15) is 0 Å². The van der Waals surface area contributed by atoms with Crippen molar-refractivity contribution in [2.75, 3.05) is 20.3 Å². The summed E-state index contributed by atoms with van der Waals surface area (Å²) in [5, 5.41) is 8.74. The van der Waals surface area contributed by atoms with Crippen molar-refractivity contribution in [3.8, 4) is 0 Å². The molecule has 1 heterocycles. The third-order valence-corrected chi connectivity index (χ3v) is 3.44. The second-order valence-electron chi connectivity index (χ2n) is 4.97. The lowest BCUT2D eigenvalue weighted by Crippen LogP contribution is -2.46. The van der Waals surface area contributed by atoms with Gasteiger partial charge in [0.15, 0.2) is 0 Å². The smallest absolute Gasteiger partial charge is 0.303 e. The summed E-state index contributed by atoms with van der Waals surface area (Å²) in [5.74, 6) is -0.856. The van der Waals surface area contributed by atoms with Gasteiger partial charge in [-0.25, -0.2) is 0 Å². The summed E-state index contributed by atoms with van der Waals surface area (Å²) in [7, 11) is 1.59. The van der Waals surface area contributed by atoms with Gasteiger partial charge >= 0.3 is 5.97 Å². The molecule has 1 rings (SSSR count). The van der Waals surface area contributed by atoms with Gasteiger partial charge in [-0.05, 0) is 25.7 Å². The Labute approximate surface area is 108 Å². The van der Waals surface area contributed by atoms with Gasteiger partial charge in [-0.1, -0.05) is 6.92 Å². The SMILES string of the molecule is COC[C@@H](C)C(=O)N1CCCC[C@H]1CCC(=O)O. The number of carbonyl (C=O) groups is 2. The Balaban J connectivity index is 2.57. The number of hydrogen-bond acceptors (Lipinski definition) is 3. The van der Waals surface area contributed by atoms with Crippen LogP contribution in [0.25, 0.3) is 0 Å². The number of methoxy groups -OCH3 is 1. The second kappa shape index (κ2) is 7.36. The standard InChI is InChI=1S/C13H23NO4/c1-10(9-18-2)13(17)14-8-4-3-5-11(14)6-7-12(15)16/h10-11H,3-9H2,1-2H3,(H,15,16)/t10-,11+/m1/s1. The molecule has 0 radical (unpaired) electrons. The predicted molar refractivity (Wildman–Crippen MR) is 67.3 cm³/mol. The Hall–Kier alpha value is -1.10. The third-order valence-electron chi connectivity index (χ3n) is 3.44. The fraction of sp³-hybridized carbons (Fsp3) is 0.846. The molecule has 1 aliphatic heterocycles. The van der Waals surface area contributed by atoms with Gasteiger partial charge in [-0.3, -0.25) is 9.59 Å². The third kappa shape index (κ3) is 4.29. The Morgan fingerprint density at radius 3 is 2.78 bits per heavy atom. The lowest BCUT2D eigenvalue weighted by Gasteiger charge is -2.37. The Kier molecular flexibility index (Phi) is 6.12.